The van der Waals surface area contributed by atoms with Crippen LogP contribution in [0.1, 0.15) is 51.8 Å². The second-order valence-electron chi connectivity index (χ2n) is 7.61. The summed E-state index contributed by atoms with van der Waals surface area (Å²) in [6.07, 6.45) is 3.83. The number of hydrogen-bond acceptors (Lipinski definition) is 5. The molecule has 4 rings (SSSR count). The van der Waals surface area contributed by atoms with Crippen LogP contribution in [0.15, 0.2) is 4.42 Å². The molecular formula is C15H23N3O3S. The standard InChI is InChI=1S/C15H23N3O3S/c1-4-12-16-17-13(21-12)8-18-11-7-10-5-6-15(11,14(10,2)3)9-22(18,19)20/h10-11H,4-9H2,1-3H3/t10-,11-,15+/m1/s1. The van der Waals surface area contributed by atoms with Crippen molar-refractivity contribution < 1.29 is 12.8 Å². The van der Waals surface area contributed by atoms with Crippen LogP contribution in [0.4, 0.5) is 0 Å². The number of aryl methyl sites for hydroxylation is 1. The van der Waals surface area contributed by atoms with Gasteiger partial charge in [-0.05, 0) is 30.6 Å². The normalized spacial score (nSPS) is 38.5. The summed E-state index contributed by atoms with van der Waals surface area (Å²) in [4.78, 5) is 0. The van der Waals surface area contributed by atoms with Crippen LogP contribution >= 0.6 is 0 Å². The average Bonchev–Trinajstić information content (AvgIpc) is 3.11. The molecule has 0 amide bonds. The molecule has 1 saturated heterocycles. The summed E-state index contributed by atoms with van der Waals surface area (Å²) in [5.41, 5.74) is 0.00696. The van der Waals surface area contributed by atoms with Crippen molar-refractivity contribution in [2.45, 2.75) is 59.0 Å². The Morgan fingerprint density at radius 1 is 1.32 bits per heavy atom. The van der Waals surface area contributed by atoms with Gasteiger partial charge in [-0.3, -0.25) is 0 Å². The highest BCUT2D eigenvalue weighted by Gasteiger charge is 2.71. The van der Waals surface area contributed by atoms with Crippen molar-refractivity contribution in [2.24, 2.45) is 16.7 Å². The topological polar surface area (TPSA) is 76.3 Å². The van der Waals surface area contributed by atoms with Gasteiger partial charge in [-0.15, -0.1) is 10.2 Å². The second kappa shape index (κ2) is 4.32. The largest absolute Gasteiger partial charge is 0.424 e. The lowest BCUT2D eigenvalue weighted by Crippen LogP contribution is -2.41. The van der Waals surface area contributed by atoms with Crippen molar-refractivity contribution in [1.29, 1.82) is 0 Å². The van der Waals surface area contributed by atoms with E-state index in [0.29, 0.717) is 24.1 Å². The van der Waals surface area contributed by atoms with Gasteiger partial charge in [0.25, 0.3) is 0 Å². The fourth-order valence-corrected chi connectivity index (χ4v) is 7.72. The zero-order chi connectivity index (χ0) is 15.8. The molecule has 0 N–H and O–H groups in total. The molecule has 1 aliphatic heterocycles. The third-order valence-electron chi connectivity index (χ3n) is 6.64. The highest BCUT2D eigenvalue weighted by molar-refractivity contribution is 7.89. The van der Waals surface area contributed by atoms with Crippen LogP contribution in [-0.2, 0) is 23.0 Å². The maximum absolute atomic E-state index is 12.8. The summed E-state index contributed by atoms with van der Waals surface area (Å²) in [6.45, 7) is 6.68. The van der Waals surface area contributed by atoms with E-state index in [1.54, 1.807) is 4.31 Å². The van der Waals surface area contributed by atoms with Gasteiger partial charge in [0.05, 0.1) is 12.3 Å². The number of rotatable bonds is 3. The first-order valence-corrected chi connectivity index (χ1v) is 9.72. The fourth-order valence-electron chi connectivity index (χ4n) is 5.21. The molecule has 2 saturated carbocycles. The van der Waals surface area contributed by atoms with Crippen molar-refractivity contribution >= 4 is 10.0 Å². The van der Waals surface area contributed by atoms with E-state index in [2.05, 4.69) is 24.0 Å². The first kappa shape index (κ1) is 14.6. The minimum atomic E-state index is -3.25. The zero-order valence-corrected chi connectivity index (χ0v) is 14.2. The van der Waals surface area contributed by atoms with Gasteiger partial charge in [-0.25, -0.2) is 8.42 Å². The molecular weight excluding hydrogens is 302 g/mol. The minimum absolute atomic E-state index is 0.0931. The van der Waals surface area contributed by atoms with Crippen molar-refractivity contribution in [3.05, 3.63) is 11.8 Å². The number of fused-ring (bicyclic) bond motifs is 1. The van der Waals surface area contributed by atoms with Gasteiger partial charge in [0.15, 0.2) is 0 Å². The Morgan fingerprint density at radius 3 is 2.68 bits per heavy atom. The van der Waals surface area contributed by atoms with Crippen molar-refractivity contribution in [3.8, 4) is 0 Å². The molecule has 1 spiro atoms. The second-order valence-corrected chi connectivity index (χ2v) is 9.53. The molecule has 0 aromatic carbocycles. The van der Waals surface area contributed by atoms with E-state index in [1.807, 2.05) is 6.92 Å². The Hall–Kier alpha value is -0.950. The van der Waals surface area contributed by atoms with E-state index >= 15 is 0 Å². The predicted octanol–water partition coefficient (Wildman–Crippen LogP) is 1.97. The molecule has 0 radical (unpaired) electrons. The minimum Gasteiger partial charge on any atom is -0.424 e. The van der Waals surface area contributed by atoms with Gasteiger partial charge in [-0.1, -0.05) is 20.8 Å². The summed E-state index contributed by atoms with van der Waals surface area (Å²) in [5.74, 6) is 1.89. The van der Waals surface area contributed by atoms with Crippen molar-refractivity contribution in [1.82, 2.24) is 14.5 Å². The summed E-state index contributed by atoms with van der Waals surface area (Å²) >= 11 is 0. The molecule has 22 heavy (non-hydrogen) atoms. The Morgan fingerprint density at radius 2 is 2.05 bits per heavy atom. The van der Waals surface area contributed by atoms with Crippen LogP contribution in [0.25, 0.3) is 0 Å². The molecule has 1 aromatic rings. The molecule has 3 fully saturated rings. The lowest BCUT2D eigenvalue weighted by molar-refractivity contribution is 0.109. The molecule has 3 atom stereocenters. The molecule has 6 nitrogen and oxygen atoms in total. The molecule has 2 heterocycles. The van der Waals surface area contributed by atoms with E-state index in [0.717, 1.165) is 19.3 Å². The van der Waals surface area contributed by atoms with Gasteiger partial charge in [0.1, 0.15) is 0 Å². The first-order chi connectivity index (χ1) is 10.3. The van der Waals surface area contributed by atoms with Gasteiger partial charge in [0.2, 0.25) is 21.8 Å². The molecule has 7 heteroatoms. The fraction of sp³-hybridized carbons (Fsp3) is 0.867. The Labute approximate surface area is 131 Å². The lowest BCUT2D eigenvalue weighted by atomic mass is 9.69. The maximum atomic E-state index is 12.8. The van der Waals surface area contributed by atoms with Crippen LogP contribution in [-0.4, -0.2) is 34.7 Å². The quantitative estimate of drug-likeness (QED) is 0.849. The van der Waals surface area contributed by atoms with Gasteiger partial charge < -0.3 is 4.42 Å². The van der Waals surface area contributed by atoms with Gasteiger partial charge >= 0.3 is 0 Å². The summed E-state index contributed by atoms with van der Waals surface area (Å²) in [7, 11) is -3.25. The monoisotopic (exact) mass is 325 g/mol. The van der Waals surface area contributed by atoms with Gasteiger partial charge in [0, 0.05) is 17.9 Å². The molecule has 122 valence electrons. The molecule has 2 bridgehead atoms. The van der Waals surface area contributed by atoms with E-state index in [4.69, 9.17) is 4.42 Å². The molecule has 2 aliphatic carbocycles. The van der Waals surface area contributed by atoms with E-state index in [9.17, 15) is 8.42 Å². The Kier molecular flexibility index (Phi) is 2.87. The van der Waals surface area contributed by atoms with Crippen molar-refractivity contribution in [2.75, 3.05) is 5.75 Å². The van der Waals surface area contributed by atoms with E-state index in [1.165, 1.54) is 0 Å². The summed E-state index contributed by atoms with van der Waals surface area (Å²) in [6, 6.07) is 0.100. The smallest absolute Gasteiger partial charge is 0.231 e. The Balaban J connectivity index is 1.69. The Bertz CT molecular complexity index is 711. The highest BCUT2D eigenvalue weighted by atomic mass is 32.2. The van der Waals surface area contributed by atoms with Crippen molar-refractivity contribution in [3.63, 3.8) is 0 Å². The van der Waals surface area contributed by atoms with Crippen LogP contribution in [0.3, 0.4) is 0 Å². The zero-order valence-electron chi connectivity index (χ0n) is 13.4. The third-order valence-corrected chi connectivity index (χ3v) is 8.61. The molecule has 0 unspecified atom stereocenters. The van der Waals surface area contributed by atoms with Crippen LogP contribution < -0.4 is 0 Å². The summed E-state index contributed by atoms with van der Waals surface area (Å²) in [5, 5.41) is 7.95. The highest BCUT2D eigenvalue weighted by Crippen LogP contribution is 2.70. The van der Waals surface area contributed by atoms with Crippen LogP contribution in [0.5, 0.6) is 0 Å². The molecule has 3 aliphatic rings. The first-order valence-electron chi connectivity index (χ1n) is 8.11. The lowest BCUT2D eigenvalue weighted by Gasteiger charge is -2.37. The SMILES string of the molecule is CCc1nnc(CN2[C@@H]3C[C@H]4CC[C@@]3(CS2(=O)=O)C4(C)C)o1. The number of sulfonamides is 1. The third kappa shape index (κ3) is 1.67. The van der Waals surface area contributed by atoms with E-state index in [-0.39, 0.29) is 29.2 Å². The van der Waals surface area contributed by atoms with Crippen LogP contribution in [0, 0.1) is 16.7 Å². The number of hydrogen-bond donors (Lipinski definition) is 0. The van der Waals surface area contributed by atoms with Gasteiger partial charge in [-0.2, -0.15) is 4.31 Å². The number of aromatic nitrogens is 2. The average molecular weight is 325 g/mol. The predicted molar refractivity (Wildman–Crippen MR) is 80.3 cm³/mol. The van der Waals surface area contributed by atoms with E-state index < -0.39 is 10.0 Å². The summed E-state index contributed by atoms with van der Waals surface area (Å²) < 4.78 is 32.7. The molecule has 1 aromatic heterocycles. The van der Waals surface area contributed by atoms with Crippen LogP contribution in [0.2, 0.25) is 0 Å². The number of nitrogens with zero attached hydrogens (tertiary/aromatic N) is 3. The maximum Gasteiger partial charge on any atom is 0.231 e.